The van der Waals surface area contributed by atoms with Crippen LogP contribution in [-0.2, 0) is 0 Å². The van der Waals surface area contributed by atoms with Gasteiger partial charge in [0.15, 0.2) is 6.29 Å². The summed E-state index contributed by atoms with van der Waals surface area (Å²) in [7, 11) is 0. The Bertz CT molecular complexity index is 127. The van der Waals surface area contributed by atoms with Gasteiger partial charge in [0.05, 0.1) is 12.2 Å². The van der Waals surface area contributed by atoms with Crippen molar-refractivity contribution in [1.29, 1.82) is 0 Å². The van der Waals surface area contributed by atoms with Gasteiger partial charge in [-0.3, -0.25) is 0 Å². The molecule has 2 atom stereocenters. The van der Waals surface area contributed by atoms with Crippen LogP contribution >= 0.6 is 0 Å². The highest BCUT2D eigenvalue weighted by Gasteiger charge is 2.15. The van der Waals surface area contributed by atoms with Gasteiger partial charge >= 0.3 is 0 Å². The van der Waals surface area contributed by atoms with Crippen molar-refractivity contribution < 1.29 is 20.4 Å². The second-order valence-corrected chi connectivity index (χ2v) is 3.69. The molecule has 0 aliphatic rings. The molecule has 2 unspecified atom stereocenters. The third kappa shape index (κ3) is 7.26. The Labute approximate surface area is 85.2 Å². The maximum Gasteiger partial charge on any atom is 0.151 e. The van der Waals surface area contributed by atoms with E-state index in [2.05, 4.69) is 0 Å². The second-order valence-electron chi connectivity index (χ2n) is 3.69. The summed E-state index contributed by atoms with van der Waals surface area (Å²) in [6, 6.07) is 0. The number of hydrogen-bond donors (Lipinski definition) is 4. The summed E-state index contributed by atoms with van der Waals surface area (Å²) < 4.78 is 0. The van der Waals surface area contributed by atoms with E-state index in [-0.39, 0.29) is 6.42 Å². The highest BCUT2D eigenvalue weighted by Crippen LogP contribution is 2.11. The summed E-state index contributed by atoms with van der Waals surface area (Å²) in [6.07, 6.45) is 0.975. The quantitative estimate of drug-likeness (QED) is 0.433. The minimum atomic E-state index is -1.31. The predicted molar refractivity (Wildman–Crippen MR) is 53.6 cm³/mol. The van der Waals surface area contributed by atoms with Gasteiger partial charge in [0.25, 0.3) is 0 Å². The zero-order chi connectivity index (χ0) is 11.0. The standard InChI is InChI=1S/C10H22O4/c1-2-3-5-8(11)9(12)6-4-7-10(13)14/h8-14H,2-7H2,1H3. The normalized spacial score (nSPS) is 15.9. The van der Waals surface area contributed by atoms with Crippen LogP contribution in [-0.4, -0.2) is 38.9 Å². The minimum Gasteiger partial charge on any atom is -0.390 e. The molecule has 4 N–H and O–H groups in total. The van der Waals surface area contributed by atoms with Crippen LogP contribution in [0.3, 0.4) is 0 Å². The lowest BCUT2D eigenvalue weighted by Crippen LogP contribution is -2.26. The molecule has 0 rings (SSSR count). The van der Waals surface area contributed by atoms with Crippen LogP contribution in [0.5, 0.6) is 0 Å². The van der Waals surface area contributed by atoms with Crippen molar-refractivity contribution in [2.45, 2.75) is 63.9 Å². The van der Waals surface area contributed by atoms with Crippen LogP contribution < -0.4 is 0 Å². The topological polar surface area (TPSA) is 80.9 Å². The molecule has 0 saturated heterocycles. The van der Waals surface area contributed by atoms with E-state index in [0.717, 1.165) is 12.8 Å². The van der Waals surface area contributed by atoms with Crippen molar-refractivity contribution in [2.24, 2.45) is 0 Å². The highest BCUT2D eigenvalue weighted by atomic mass is 16.5. The monoisotopic (exact) mass is 206 g/mol. The molecule has 0 aromatic rings. The van der Waals surface area contributed by atoms with Gasteiger partial charge in [-0.2, -0.15) is 0 Å². The van der Waals surface area contributed by atoms with E-state index in [1.165, 1.54) is 0 Å². The molecule has 0 amide bonds. The number of aliphatic hydroxyl groups excluding tert-OH is 3. The number of rotatable bonds is 8. The molecule has 0 saturated carbocycles. The van der Waals surface area contributed by atoms with Gasteiger partial charge in [-0.15, -0.1) is 0 Å². The van der Waals surface area contributed by atoms with Crippen LogP contribution in [0.15, 0.2) is 0 Å². The molecule has 0 heterocycles. The van der Waals surface area contributed by atoms with Gasteiger partial charge in [-0.05, 0) is 25.7 Å². The van der Waals surface area contributed by atoms with Gasteiger partial charge in [0, 0.05) is 0 Å². The number of aliphatic hydroxyl groups is 4. The van der Waals surface area contributed by atoms with Gasteiger partial charge < -0.3 is 20.4 Å². The Kier molecular flexibility index (Phi) is 8.08. The van der Waals surface area contributed by atoms with Gasteiger partial charge in [-0.1, -0.05) is 19.8 Å². The van der Waals surface area contributed by atoms with Crippen LogP contribution in [0, 0.1) is 0 Å². The van der Waals surface area contributed by atoms with E-state index in [4.69, 9.17) is 10.2 Å². The molecular formula is C10H22O4. The fourth-order valence-corrected chi connectivity index (χ4v) is 1.31. The molecule has 0 radical (unpaired) electrons. The Morgan fingerprint density at radius 3 is 1.71 bits per heavy atom. The van der Waals surface area contributed by atoms with Crippen LogP contribution in [0.2, 0.25) is 0 Å². The smallest absolute Gasteiger partial charge is 0.151 e. The molecule has 0 aliphatic carbocycles. The largest absolute Gasteiger partial charge is 0.390 e. The first kappa shape index (κ1) is 13.8. The van der Waals surface area contributed by atoms with Crippen molar-refractivity contribution in [2.75, 3.05) is 0 Å². The molecule has 0 spiro atoms. The van der Waals surface area contributed by atoms with E-state index >= 15 is 0 Å². The molecule has 0 aromatic heterocycles. The van der Waals surface area contributed by atoms with Crippen molar-refractivity contribution in [3.8, 4) is 0 Å². The molecule has 0 aliphatic heterocycles. The van der Waals surface area contributed by atoms with Crippen molar-refractivity contribution in [3.63, 3.8) is 0 Å². The summed E-state index contributed by atoms with van der Waals surface area (Å²) in [4.78, 5) is 0. The molecule has 86 valence electrons. The minimum absolute atomic E-state index is 0.248. The molecule has 4 heteroatoms. The lowest BCUT2D eigenvalue weighted by Gasteiger charge is -2.17. The zero-order valence-corrected chi connectivity index (χ0v) is 8.76. The first-order valence-corrected chi connectivity index (χ1v) is 5.30. The average Bonchev–Trinajstić information content (AvgIpc) is 2.13. The number of hydrogen-bond acceptors (Lipinski definition) is 4. The summed E-state index contributed by atoms with van der Waals surface area (Å²) in [5.74, 6) is 0. The lowest BCUT2D eigenvalue weighted by molar-refractivity contribution is -0.0516. The fourth-order valence-electron chi connectivity index (χ4n) is 1.31. The molecule has 0 fully saturated rings. The van der Waals surface area contributed by atoms with E-state index in [1.807, 2.05) is 6.92 Å². The van der Waals surface area contributed by atoms with Crippen LogP contribution in [0.1, 0.15) is 45.4 Å². The van der Waals surface area contributed by atoms with E-state index < -0.39 is 18.5 Å². The van der Waals surface area contributed by atoms with Gasteiger partial charge in [0.2, 0.25) is 0 Å². The third-order valence-electron chi connectivity index (χ3n) is 2.26. The van der Waals surface area contributed by atoms with E-state index in [1.54, 1.807) is 0 Å². The first-order valence-electron chi connectivity index (χ1n) is 5.30. The zero-order valence-electron chi connectivity index (χ0n) is 8.76. The van der Waals surface area contributed by atoms with Gasteiger partial charge in [-0.25, -0.2) is 0 Å². The number of unbranched alkanes of at least 4 members (excludes halogenated alkanes) is 1. The summed E-state index contributed by atoms with van der Waals surface area (Å²) >= 11 is 0. The molecule has 4 nitrogen and oxygen atoms in total. The maximum absolute atomic E-state index is 9.44. The maximum atomic E-state index is 9.44. The molecule has 0 bridgehead atoms. The second kappa shape index (κ2) is 8.17. The Balaban J connectivity index is 3.46. The average molecular weight is 206 g/mol. The lowest BCUT2D eigenvalue weighted by atomic mass is 10.0. The highest BCUT2D eigenvalue weighted by molar-refractivity contribution is 4.67. The van der Waals surface area contributed by atoms with Crippen LogP contribution in [0.25, 0.3) is 0 Å². The summed E-state index contributed by atoms with van der Waals surface area (Å²) in [5.41, 5.74) is 0. The predicted octanol–water partition coefficient (Wildman–Crippen LogP) is 0.379. The van der Waals surface area contributed by atoms with Crippen molar-refractivity contribution in [1.82, 2.24) is 0 Å². The SMILES string of the molecule is CCCCC(O)C(O)CCCC(O)O. The van der Waals surface area contributed by atoms with Crippen molar-refractivity contribution >= 4 is 0 Å². The third-order valence-corrected chi connectivity index (χ3v) is 2.26. The van der Waals surface area contributed by atoms with E-state index in [9.17, 15) is 10.2 Å². The van der Waals surface area contributed by atoms with Gasteiger partial charge in [0.1, 0.15) is 0 Å². The van der Waals surface area contributed by atoms with Crippen LogP contribution in [0.4, 0.5) is 0 Å². The Hall–Kier alpha value is -0.160. The fraction of sp³-hybridized carbons (Fsp3) is 1.00. The molecule has 0 aromatic carbocycles. The van der Waals surface area contributed by atoms with E-state index in [0.29, 0.717) is 19.3 Å². The molecule has 14 heavy (non-hydrogen) atoms. The summed E-state index contributed by atoms with van der Waals surface area (Å²) in [5, 5.41) is 36.0. The first-order chi connectivity index (χ1) is 6.57. The Morgan fingerprint density at radius 1 is 0.786 bits per heavy atom. The molecular weight excluding hydrogens is 184 g/mol. The summed E-state index contributed by atoms with van der Waals surface area (Å²) in [6.45, 7) is 2.03. The Morgan fingerprint density at radius 2 is 1.29 bits per heavy atom. The van der Waals surface area contributed by atoms with Crippen molar-refractivity contribution in [3.05, 3.63) is 0 Å².